The summed E-state index contributed by atoms with van der Waals surface area (Å²) in [6.45, 7) is 2.16. The highest BCUT2D eigenvalue weighted by atomic mass is 79.9. The molecule has 1 unspecified atom stereocenters. The molecule has 0 fully saturated rings. The Morgan fingerprint density at radius 1 is 1.50 bits per heavy atom. The van der Waals surface area contributed by atoms with Crippen molar-refractivity contribution in [2.24, 2.45) is 5.73 Å². The van der Waals surface area contributed by atoms with E-state index < -0.39 is 0 Å². The zero-order valence-corrected chi connectivity index (χ0v) is 10.4. The lowest BCUT2D eigenvalue weighted by molar-refractivity contribution is 0.276. The molecule has 4 heteroatoms. The zero-order chi connectivity index (χ0) is 9.84. The molecule has 0 aliphatic rings. The van der Waals surface area contributed by atoms with Crippen LogP contribution in [0.3, 0.4) is 0 Å². The van der Waals surface area contributed by atoms with Crippen LogP contribution in [0.4, 0.5) is 0 Å². The van der Waals surface area contributed by atoms with Crippen LogP contribution in [0, 0.1) is 6.92 Å². The first-order chi connectivity index (χ1) is 6.15. The third-order valence-electron chi connectivity index (χ3n) is 2.07. The number of halogens is 2. The highest BCUT2D eigenvalue weighted by molar-refractivity contribution is 9.10. The van der Waals surface area contributed by atoms with Gasteiger partial charge in [0.15, 0.2) is 0 Å². The molecule has 0 heterocycles. The van der Waals surface area contributed by atoms with Crippen LogP contribution >= 0.6 is 28.3 Å². The van der Waals surface area contributed by atoms with Crippen LogP contribution in [0.1, 0.15) is 23.6 Å². The molecule has 14 heavy (non-hydrogen) atoms. The van der Waals surface area contributed by atoms with Crippen molar-refractivity contribution in [1.82, 2.24) is 0 Å². The Morgan fingerprint density at radius 3 is 2.64 bits per heavy atom. The molecule has 1 rings (SSSR count). The molecule has 0 aliphatic carbocycles. The van der Waals surface area contributed by atoms with Gasteiger partial charge < -0.3 is 10.8 Å². The summed E-state index contributed by atoms with van der Waals surface area (Å²) in [5.41, 5.74) is 8.15. The molecule has 0 saturated heterocycles. The third kappa shape index (κ3) is 3.58. The van der Waals surface area contributed by atoms with Gasteiger partial charge in [0.1, 0.15) is 0 Å². The molecule has 3 N–H and O–H groups in total. The Balaban J connectivity index is 0.00000169. The highest BCUT2D eigenvalue weighted by Gasteiger charge is 2.07. The summed E-state index contributed by atoms with van der Waals surface area (Å²) in [5, 5.41) is 8.75. The Morgan fingerprint density at radius 2 is 2.14 bits per heavy atom. The van der Waals surface area contributed by atoms with Crippen LogP contribution in [0.5, 0.6) is 0 Å². The van der Waals surface area contributed by atoms with E-state index in [1.54, 1.807) is 0 Å². The van der Waals surface area contributed by atoms with E-state index in [0.717, 1.165) is 15.6 Å². The van der Waals surface area contributed by atoms with Gasteiger partial charge in [-0.25, -0.2) is 0 Å². The predicted octanol–water partition coefficient (Wildman–Crippen LogP) is 2.56. The number of nitrogens with two attached hydrogens (primary N) is 1. The lowest BCUT2D eigenvalue weighted by Crippen LogP contribution is -2.13. The van der Waals surface area contributed by atoms with Crippen molar-refractivity contribution in [1.29, 1.82) is 0 Å². The van der Waals surface area contributed by atoms with E-state index in [1.807, 2.05) is 25.1 Å². The molecule has 2 nitrogen and oxygen atoms in total. The Bertz CT molecular complexity index is 293. The maximum absolute atomic E-state index is 8.75. The molecular weight excluding hydrogens is 265 g/mol. The topological polar surface area (TPSA) is 46.2 Å². The summed E-state index contributed by atoms with van der Waals surface area (Å²) in [6, 6.07) is 5.95. The second-order valence-electron chi connectivity index (χ2n) is 3.12. The van der Waals surface area contributed by atoms with Gasteiger partial charge >= 0.3 is 0 Å². The van der Waals surface area contributed by atoms with Gasteiger partial charge in [0.2, 0.25) is 0 Å². The van der Waals surface area contributed by atoms with E-state index in [9.17, 15) is 0 Å². The number of hydrogen-bond donors (Lipinski definition) is 2. The number of hydrogen-bond acceptors (Lipinski definition) is 2. The number of aliphatic hydroxyl groups is 1. The molecular formula is C10H15BrClNO. The minimum absolute atomic E-state index is 0. The molecule has 1 aromatic rings. The molecule has 0 aromatic heterocycles. The summed E-state index contributed by atoms with van der Waals surface area (Å²) in [4.78, 5) is 0. The number of benzene rings is 1. The monoisotopic (exact) mass is 279 g/mol. The fourth-order valence-electron chi connectivity index (χ4n) is 1.35. The van der Waals surface area contributed by atoms with Crippen molar-refractivity contribution in [2.45, 2.75) is 19.4 Å². The lowest BCUT2D eigenvalue weighted by Gasteiger charge is -2.13. The quantitative estimate of drug-likeness (QED) is 0.894. The van der Waals surface area contributed by atoms with Gasteiger partial charge in [-0.1, -0.05) is 22.0 Å². The normalized spacial score (nSPS) is 12.0. The maximum Gasteiger partial charge on any atom is 0.0449 e. The van der Waals surface area contributed by atoms with E-state index >= 15 is 0 Å². The average molecular weight is 281 g/mol. The SMILES string of the molecule is Cc1cc(Br)ccc1C(N)CCO.Cl. The van der Waals surface area contributed by atoms with E-state index in [0.29, 0.717) is 6.42 Å². The fourth-order valence-corrected chi connectivity index (χ4v) is 1.83. The summed E-state index contributed by atoms with van der Waals surface area (Å²) in [5.74, 6) is 0. The first-order valence-corrected chi connectivity index (χ1v) is 5.07. The summed E-state index contributed by atoms with van der Waals surface area (Å²) < 4.78 is 1.06. The van der Waals surface area contributed by atoms with E-state index in [2.05, 4.69) is 15.9 Å². The second-order valence-corrected chi connectivity index (χ2v) is 4.04. The number of aliphatic hydroxyl groups excluding tert-OH is 1. The molecule has 0 amide bonds. The van der Waals surface area contributed by atoms with Crippen LogP contribution in [-0.4, -0.2) is 11.7 Å². The molecule has 0 spiro atoms. The van der Waals surface area contributed by atoms with E-state index in [4.69, 9.17) is 10.8 Å². The first kappa shape index (κ1) is 13.9. The zero-order valence-electron chi connectivity index (χ0n) is 8.03. The van der Waals surface area contributed by atoms with Crippen LogP contribution in [-0.2, 0) is 0 Å². The van der Waals surface area contributed by atoms with Gasteiger partial charge in [-0.15, -0.1) is 12.4 Å². The van der Waals surface area contributed by atoms with Crippen molar-refractivity contribution >= 4 is 28.3 Å². The van der Waals surface area contributed by atoms with Crippen molar-refractivity contribution in [3.05, 3.63) is 33.8 Å². The average Bonchev–Trinajstić information content (AvgIpc) is 2.04. The molecule has 0 aliphatic heterocycles. The minimum Gasteiger partial charge on any atom is -0.396 e. The van der Waals surface area contributed by atoms with Crippen LogP contribution in [0.2, 0.25) is 0 Å². The third-order valence-corrected chi connectivity index (χ3v) is 2.56. The van der Waals surface area contributed by atoms with E-state index in [1.165, 1.54) is 0 Å². The van der Waals surface area contributed by atoms with Gasteiger partial charge in [-0.2, -0.15) is 0 Å². The predicted molar refractivity (Wildman–Crippen MR) is 64.8 cm³/mol. The van der Waals surface area contributed by atoms with Gasteiger partial charge in [-0.3, -0.25) is 0 Å². The Hall–Kier alpha value is -0.0900. The smallest absolute Gasteiger partial charge is 0.0449 e. The van der Waals surface area contributed by atoms with Crippen LogP contribution in [0.25, 0.3) is 0 Å². The molecule has 80 valence electrons. The Kier molecular flexibility index (Phi) is 6.36. The Labute approximate surface area is 99.0 Å². The highest BCUT2D eigenvalue weighted by Crippen LogP contribution is 2.21. The van der Waals surface area contributed by atoms with Crippen LogP contribution < -0.4 is 5.73 Å². The molecule has 0 radical (unpaired) electrons. The molecule has 1 aromatic carbocycles. The molecule has 1 atom stereocenters. The van der Waals surface area contributed by atoms with Crippen molar-refractivity contribution in [3.8, 4) is 0 Å². The van der Waals surface area contributed by atoms with Gasteiger partial charge in [0.25, 0.3) is 0 Å². The van der Waals surface area contributed by atoms with E-state index in [-0.39, 0.29) is 25.1 Å². The lowest BCUT2D eigenvalue weighted by atomic mass is 10.0. The van der Waals surface area contributed by atoms with Crippen LogP contribution in [0.15, 0.2) is 22.7 Å². The first-order valence-electron chi connectivity index (χ1n) is 4.27. The fraction of sp³-hybridized carbons (Fsp3) is 0.400. The molecule has 0 saturated carbocycles. The summed E-state index contributed by atoms with van der Waals surface area (Å²) >= 11 is 3.39. The summed E-state index contributed by atoms with van der Waals surface area (Å²) in [7, 11) is 0. The summed E-state index contributed by atoms with van der Waals surface area (Å²) in [6.07, 6.45) is 0.614. The largest absolute Gasteiger partial charge is 0.396 e. The van der Waals surface area contributed by atoms with Gasteiger partial charge in [0.05, 0.1) is 0 Å². The van der Waals surface area contributed by atoms with Crippen molar-refractivity contribution < 1.29 is 5.11 Å². The number of aryl methyl sites for hydroxylation is 1. The van der Waals surface area contributed by atoms with Gasteiger partial charge in [-0.05, 0) is 36.6 Å². The van der Waals surface area contributed by atoms with Crippen molar-refractivity contribution in [3.63, 3.8) is 0 Å². The maximum atomic E-state index is 8.75. The standard InChI is InChI=1S/C10H14BrNO.ClH/c1-7-6-8(11)2-3-9(7)10(12)4-5-13;/h2-3,6,10,13H,4-5,12H2,1H3;1H. The second kappa shape index (κ2) is 6.40. The minimum atomic E-state index is -0.0573. The van der Waals surface area contributed by atoms with Crippen molar-refractivity contribution in [2.75, 3.05) is 6.61 Å². The van der Waals surface area contributed by atoms with Gasteiger partial charge in [0, 0.05) is 17.1 Å². The number of rotatable bonds is 3. The molecule has 0 bridgehead atoms.